The molecule has 2 aromatic rings. The van der Waals surface area contributed by atoms with Gasteiger partial charge < -0.3 is 11.1 Å². The summed E-state index contributed by atoms with van der Waals surface area (Å²) in [6, 6.07) is 10.1. The summed E-state index contributed by atoms with van der Waals surface area (Å²) in [4.78, 5) is 11.9. The van der Waals surface area contributed by atoms with Crippen LogP contribution in [0.1, 0.15) is 18.2 Å². The number of rotatable bonds is 6. The quantitative estimate of drug-likeness (QED) is 0.801. The molecule has 0 aliphatic heterocycles. The average Bonchev–Trinajstić information content (AvgIpc) is 2.87. The lowest BCUT2D eigenvalue weighted by Crippen LogP contribution is -2.36. The molecule has 106 valence electrons. The van der Waals surface area contributed by atoms with Gasteiger partial charge in [0.2, 0.25) is 5.91 Å². The molecular formula is C14H19N5O. The number of nitrogens with one attached hydrogen (secondary N) is 1. The Morgan fingerprint density at radius 1 is 1.40 bits per heavy atom. The van der Waals surface area contributed by atoms with Crippen molar-refractivity contribution in [3.05, 3.63) is 47.8 Å². The number of carbonyl (C=O) groups excluding carboxylic acids is 1. The van der Waals surface area contributed by atoms with Crippen LogP contribution in [0.5, 0.6) is 0 Å². The Hall–Kier alpha value is -2.21. The first-order valence-corrected chi connectivity index (χ1v) is 6.59. The molecule has 0 fully saturated rings. The molecule has 6 heteroatoms. The van der Waals surface area contributed by atoms with Crippen LogP contribution in [0.3, 0.4) is 0 Å². The van der Waals surface area contributed by atoms with Crippen molar-refractivity contribution in [3.8, 4) is 0 Å². The number of carbonyl (C=O) groups is 1. The van der Waals surface area contributed by atoms with Gasteiger partial charge in [0.15, 0.2) is 0 Å². The Balaban J connectivity index is 1.81. The maximum Gasteiger partial charge on any atom is 0.242 e. The monoisotopic (exact) mass is 273 g/mol. The summed E-state index contributed by atoms with van der Waals surface area (Å²) in [5, 5.41) is 10.6. The van der Waals surface area contributed by atoms with Crippen molar-refractivity contribution >= 4 is 5.91 Å². The lowest BCUT2D eigenvalue weighted by atomic mass is 10.1. The zero-order valence-electron chi connectivity index (χ0n) is 11.5. The summed E-state index contributed by atoms with van der Waals surface area (Å²) in [6.45, 7) is 2.47. The van der Waals surface area contributed by atoms with Crippen molar-refractivity contribution in [3.63, 3.8) is 0 Å². The molecule has 0 saturated heterocycles. The number of hydrogen-bond acceptors (Lipinski definition) is 4. The predicted octanol–water partition coefficient (Wildman–Crippen LogP) is 0.484. The van der Waals surface area contributed by atoms with Gasteiger partial charge in [-0.15, -0.1) is 5.10 Å². The summed E-state index contributed by atoms with van der Waals surface area (Å²) in [6.07, 6.45) is 2.49. The van der Waals surface area contributed by atoms with Gasteiger partial charge in [-0.25, -0.2) is 4.68 Å². The van der Waals surface area contributed by atoms with Gasteiger partial charge in [-0.05, 0) is 18.9 Å². The summed E-state index contributed by atoms with van der Waals surface area (Å²) < 4.78 is 1.49. The number of benzene rings is 1. The molecule has 1 unspecified atom stereocenters. The van der Waals surface area contributed by atoms with Gasteiger partial charge in [-0.1, -0.05) is 35.5 Å². The fourth-order valence-corrected chi connectivity index (χ4v) is 2.00. The summed E-state index contributed by atoms with van der Waals surface area (Å²) >= 11 is 0. The predicted molar refractivity (Wildman–Crippen MR) is 75.7 cm³/mol. The highest BCUT2D eigenvalue weighted by atomic mass is 16.2. The molecule has 0 bridgehead atoms. The third kappa shape index (κ3) is 4.17. The van der Waals surface area contributed by atoms with Crippen LogP contribution in [0.4, 0.5) is 0 Å². The van der Waals surface area contributed by atoms with E-state index in [0.29, 0.717) is 12.2 Å². The highest BCUT2D eigenvalue weighted by Gasteiger charge is 2.09. The number of nitrogens with two attached hydrogens (primary N) is 1. The molecular weight excluding hydrogens is 254 g/mol. The van der Waals surface area contributed by atoms with E-state index in [1.54, 1.807) is 6.20 Å². The zero-order chi connectivity index (χ0) is 14.4. The molecule has 1 aromatic heterocycles. The second-order valence-electron chi connectivity index (χ2n) is 4.77. The van der Waals surface area contributed by atoms with E-state index in [0.717, 1.165) is 6.42 Å². The van der Waals surface area contributed by atoms with Gasteiger partial charge in [-0.3, -0.25) is 4.79 Å². The van der Waals surface area contributed by atoms with Gasteiger partial charge in [0.05, 0.1) is 11.9 Å². The van der Waals surface area contributed by atoms with Crippen LogP contribution in [0.25, 0.3) is 0 Å². The van der Waals surface area contributed by atoms with E-state index in [1.807, 2.05) is 37.3 Å². The third-order valence-corrected chi connectivity index (χ3v) is 2.89. The van der Waals surface area contributed by atoms with Crippen molar-refractivity contribution in [1.29, 1.82) is 0 Å². The minimum absolute atomic E-state index is 0.0717. The largest absolute Gasteiger partial charge is 0.352 e. The Bertz CT molecular complexity index is 552. The highest BCUT2D eigenvalue weighted by Crippen LogP contribution is 2.02. The van der Waals surface area contributed by atoms with E-state index < -0.39 is 0 Å². The van der Waals surface area contributed by atoms with E-state index in [2.05, 4.69) is 15.6 Å². The Labute approximate surface area is 118 Å². The van der Waals surface area contributed by atoms with E-state index in [-0.39, 0.29) is 18.5 Å². The maximum atomic E-state index is 11.9. The van der Waals surface area contributed by atoms with Crippen LogP contribution in [0, 0.1) is 0 Å². The van der Waals surface area contributed by atoms with Crippen LogP contribution >= 0.6 is 0 Å². The van der Waals surface area contributed by atoms with Crippen LogP contribution in [-0.2, 0) is 24.3 Å². The van der Waals surface area contributed by atoms with Crippen LogP contribution in [0.15, 0.2) is 36.5 Å². The van der Waals surface area contributed by atoms with Gasteiger partial charge in [-0.2, -0.15) is 0 Å². The first-order valence-electron chi connectivity index (χ1n) is 6.59. The Morgan fingerprint density at radius 3 is 2.80 bits per heavy atom. The van der Waals surface area contributed by atoms with Gasteiger partial charge >= 0.3 is 0 Å². The lowest BCUT2D eigenvalue weighted by molar-refractivity contribution is -0.122. The molecule has 1 aromatic carbocycles. The first kappa shape index (κ1) is 14.2. The van der Waals surface area contributed by atoms with Crippen molar-refractivity contribution < 1.29 is 4.79 Å². The van der Waals surface area contributed by atoms with Crippen molar-refractivity contribution in [1.82, 2.24) is 20.3 Å². The number of amides is 1. The standard InChI is InChI=1S/C14H19N5O/c1-11(7-12-5-3-2-4-6-12)16-14(20)10-19-9-13(8-15)17-18-19/h2-6,9,11H,7-8,10,15H2,1H3,(H,16,20). The summed E-state index contributed by atoms with van der Waals surface area (Å²) in [5.41, 5.74) is 7.32. The van der Waals surface area contributed by atoms with Gasteiger partial charge in [0, 0.05) is 12.6 Å². The Morgan fingerprint density at radius 2 is 2.15 bits per heavy atom. The third-order valence-electron chi connectivity index (χ3n) is 2.89. The van der Waals surface area contributed by atoms with Crippen molar-refractivity contribution in [2.45, 2.75) is 32.5 Å². The topological polar surface area (TPSA) is 85.8 Å². The molecule has 0 aliphatic rings. The fraction of sp³-hybridized carbons (Fsp3) is 0.357. The van der Waals surface area contributed by atoms with E-state index in [1.165, 1.54) is 10.2 Å². The number of aromatic nitrogens is 3. The molecule has 3 N–H and O–H groups in total. The molecule has 1 amide bonds. The van der Waals surface area contributed by atoms with Crippen molar-refractivity contribution in [2.24, 2.45) is 5.73 Å². The van der Waals surface area contributed by atoms with Crippen LogP contribution in [0.2, 0.25) is 0 Å². The zero-order valence-corrected chi connectivity index (χ0v) is 11.5. The molecule has 1 atom stereocenters. The van der Waals surface area contributed by atoms with Gasteiger partial charge in [0.25, 0.3) is 0 Å². The second-order valence-corrected chi connectivity index (χ2v) is 4.77. The van der Waals surface area contributed by atoms with E-state index >= 15 is 0 Å². The smallest absolute Gasteiger partial charge is 0.242 e. The summed E-state index contributed by atoms with van der Waals surface area (Å²) in [7, 11) is 0. The highest BCUT2D eigenvalue weighted by molar-refractivity contribution is 5.75. The van der Waals surface area contributed by atoms with Gasteiger partial charge in [0.1, 0.15) is 6.54 Å². The maximum absolute atomic E-state index is 11.9. The minimum atomic E-state index is -0.0816. The average molecular weight is 273 g/mol. The summed E-state index contributed by atoms with van der Waals surface area (Å²) in [5.74, 6) is -0.0816. The van der Waals surface area contributed by atoms with Crippen molar-refractivity contribution in [2.75, 3.05) is 0 Å². The number of nitrogens with zero attached hydrogens (tertiary/aromatic N) is 3. The fourth-order valence-electron chi connectivity index (χ4n) is 2.00. The molecule has 0 saturated carbocycles. The Kier molecular flexibility index (Phi) is 4.84. The first-order chi connectivity index (χ1) is 9.67. The second kappa shape index (κ2) is 6.81. The van der Waals surface area contributed by atoms with E-state index in [4.69, 9.17) is 5.73 Å². The SMILES string of the molecule is CC(Cc1ccccc1)NC(=O)Cn1cc(CN)nn1. The van der Waals surface area contributed by atoms with E-state index in [9.17, 15) is 4.79 Å². The molecule has 1 heterocycles. The van der Waals surface area contributed by atoms with Crippen LogP contribution < -0.4 is 11.1 Å². The number of hydrogen-bond donors (Lipinski definition) is 2. The molecule has 0 aliphatic carbocycles. The normalized spacial score (nSPS) is 12.1. The molecule has 2 rings (SSSR count). The molecule has 6 nitrogen and oxygen atoms in total. The lowest BCUT2D eigenvalue weighted by Gasteiger charge is -2.13. The molecule has 0 radical (unpaired) electrons. The minimum Gasteiger partial charge on any atom is -0.352 e. The molecule has 0 spiro atoms. The van der Waals surface area contributed by atoms with Crippen LogP contribution in [-0.4, -0.2) is 26.9 Å². The molecule has 20 heavy (non-hydrogen) atoms.